The van der Waals surface area contributed by atoms with Gasteiger partial charge in [-0.2, -0.15) is 0 Å². The van der Waals surface area contributed by atoms with Crippen molar-refractivity contribution in [3.05, 3.63) is 42.5 Å². The molecule has 0 aromatic heterocycles. The Bertz CT molecular complexity index is 616. The molecule has 1 aromatic rings. The van der Waals surface area contributed by atoms with Gasteiger partial charge in [-0.05, 0) is 37.0 Å². The van der Waals surface area contributed by atoms with Crippen LogP contribution in [0.25, 0.3) is 0 Å². The predicted octanol–water partition coefficient (Wildman–Crippen LogP) is 2.40. The van der Waals surface area contributed by atoms with Crippen LogP contribution in [0, 0.1) is 5.92 Å². The van der Waals surface area contributed by atoms with Crippen LogP contribution in [0.2, 0.25) is 0 Å². The van der Waals surface area contributed by atoms with Crippen molar-refractivity contribution in [3.8, 4) is 5.75 Å². The summed E-state index contributed by atoms with van der Waals surface area (Å²) in [4.78, 5) is 13.7. The summed E-state index contributed by atoms with van der Waals surface area (Å²) in [6.07, 6.45) is 6.44. The van der Waals surface area contributed by atoms with Crippen molar-refractivity contribution in [1.29, 1.82) is 0 Å². The normalized spacial score (nSPS) is 29.6. The first-order valence-corrected chi connectivity index (χ1v) is 9.12. The molecule has 2 aliphatic rings. The largest absolute Gasteiger partial charge is 0.490 e. The number of rotatable bonds is 6. The minimum Gasteiger partial charge on any atom is -0.490 e. The van der Waals surface area contributed by atoms with Gasteiger partial charge in [-0.1, -0.05) is 37.6 Å². The van der Waals surface area contributed by atoms with Crippen molar-refractivity contribution in [1.82, 2.24) is 4.90 Å². The van der Waals surface area contributed by atoms with Crippen LogP contribution >= 0.6 is 0 Å². The summed E-state index contributed by atoms with van der Waals surface area (Å²) in [7, 11) is 0. The molecule has 5 nitrogen and oxygen atoms in total. The first kappa shape index (κ1) is 18.0. The number of piperidine rings is 1. The van der Waals surface area contributed by atoms with E-state index >= 15 is 0 Å². The number of nitrogens with zero attached hydrogens (tertiary/aromatic N) is 1. The molecule has 0 spiro atoms. The Morgan fingerprint density at radius 2 is 2.12 bits per heavy atom. The van der Waals surface area contributed by atoms with E-state index in [1.54, 1.807) is 6.08 Å². The maximum absolute atomic E-state index is 11.5. The van der Waals surface area contributed by atoms with Crippen LogP contribution in [0.5, 0.6) is 5.75 Å². The number of carbonyl (C=O) groups is 1. The first-order valence-electron chi connectivity index (χ1n) is 9.12. The third kappa shape index (κ3) is 3.88. The molecule has 3 unspecified atom stereocenters. The average Bonchev–Trinajstić information content (AvgIpc) is 2.60. The van der Waals surface area contributed by atoms with E-state index in [4.69, 9.17) is 10.5 Å². The molecule has 3 N–H and O–H groups in total. The zero-order valence-electron chi connectivity index (χ0n) is 14.7. The monoisotopic (exact) mass is 344 g/mol. The van der Waals surface area contributed by atoms with Crippen molar-refractivity contribution in [2.45, 2.75) is 43.7 Å². The molecule has 25 heavy (non-hydrogen) atoms. The lowest BCUT2D eigenvalue weighted by Crippen LogP contribution is -2.56. The zero-order valence-corrected chi connectivity index (χ0v) is 14.7. The van der Waals surface area contributed by atoms with Crippen LogP contribution in [-0.4, -0.2) is 41.2 Å². The van der Waals surface area contributed by atoms with Gasteiger partial charge in [0.1, 0.15) is 12.4 Å². The number of fused-ring (bicyclic) bond motifs is 1. The molecule has 1 amide bonds. The molecule has 3 rings (SSSR count). The maximum Gasteiger partial charge on any atom is 0.231 e. The van der Waals surface area contributed by atoms with E-state index in [1.165, 1.54) is 0 Å². The third-order valence-electron chi connectivity index (χ3n) is 5.62. The van der Waals surface area contributed by atoms with Gasteiger partial charge in [-0.15, -0.1) is 0 Å². The number of hydrogen-bond acceptors (Lipinski definition) is 4. The molecule has 1 aromatic carbocycles. The second kappa shape index (κ2) is 7.58. The van der Waals surface area contributed by atoms with Crippen molar-refractivity contribution in [2.75, 3.05) is 19.7 Å². The molecule has 136 valence electrons. The lowest BCUT2D eigenvalue weighted by atomic mass is 9.66. The molecule has 1 heterocycles. The van der Waals surface area contributed by atoms with Crippen LogP contribution in [0.3, 0.4) is 0 Å². The summed E-state index contributed by atoms with van der Waals surface area (Å²) in [5, 5.41) is 11.2. The Kier molecular flexibility index (Phi) is 5.45. The van der Waals surface area contributed by atoms with Gasteiger partial charge in [0.15, 0.2) is 0 Å². The van der Waals surface area contributed by atoms with Gasteiger partial charge in [0.25, 0.3) is 0 Å². The van der Waals surface area contributed by atoms with Crippen LogP contribution in [-0.2, 0) is 4.79 Å². The molecular formula is C20H28N2O3. The highest BCUT2D eigenvalue weighted by atomic mass is 16.5. The van der Waals surface area contributed by atoms with Crippen LogP contribution in [0.15, 0.2) is 36.9 Å². The van der Waals surface area contributed by atoms with Crippen molar-refractivity contribution in [3.63, 3.8) is 0 Å². The van der Waals surface area contributed by atoms with Crippen LogP contribution < -0.4 is 10.5 Å². The molecule has 0 bridgehead atoms. The van der Waals surface area contributed by atoms with Gasteiger partial charge in [0.05, 0.1) is 12.1 Å². The number of likely N-dealkylation sites (tertiary alicyclic amines) is 1. The van der Waals surface area contributed by atoms with E-state index in [2.05, 4.69) is 11.5 Å². The number of primary amides is 1. The third-order valence-corrected chi connectivity index (χ3v) is 5.62. The summed E-state index contributed by atoms with van der Waals surface area (Å²) < 4.78 is 5.56. The molecule has 2 fully saturated rings. The van der Waals surface area contributed by atoms with Gasteiger partial charge in [-0.25, -0.2) is 0 Å². The Labute approximate surface area is 149 Å². The fourth-order valence-electron chi connectivity index (χ4n) is 4.48. The summed E-state index contributed by atoms with van der Waals surface area (Å²) in [6.45, 7) is 5.04. The standard InChI is InChI=1S/C20H28N2O3/c1-2-13-25-16-8-6-15(7-9-16)19-17-5-3-4-10-20(17,24)11-12-22(19)14-18(21)23/h2,6-9,17,19,24H,1,3-5,10-14H2,(H2,21,23). The molecule has 3 atom stereocenters. The van der Waals surface area contributed by atoms with Crippen LogP contribution in [0.1, 0.15) is 43.7 Å². The number of hydrogen-bond donors (Lipinski definition) is 2. The van der Waals surface area contributed by atoms with E-state index < -0.39 is 5.60 Å². The minimum atomic E-state index is -0.630. The lowest BCUT2D eigenvalue weighted by molar-refractivity contribution is -0.136. The van der Waals surface area contributed by atoms with Crippen LogP contribution in [0.4, 0.5) is 0 Å². The van der Waals surface area contributed by atoms with Gasteiger partial charge in [0.2, 0.25) is 5.91 Å². The number of ether oxygens (including phenoxy) is 1. The van der Waals surface area contributed by atoms with Crippen molar-refractivity contribution >= 4 is 5.91 Å². The molecule has 0 radical (unpaired) electrons. The first-order chi connectivity index (χ1) is 12.0. The lowest BCUT2D eigenvalue weighted by Gasteiger charge is -2.52. The molecular weight excluding hydrogens is 316 g/mol. The number of aliphatic hydroxyl groups is 1. The summed E-state index contributed by atoms with van der Waals surface area (Å²) in [6, 6.07) is 7.98. The molecule has 5 heteroatoms. The molecule has 1 aliphatic carbocycles. The highest BCUT2D eigenvalue weighted by molar-refractivity contribution is 5.76. The molecule has 1 saturated carbocycles. The van der Waals surface area contributed by atoms with E-state index in [0.717, 1.165) is 37.0 Å². The number of amides is 1. The summed E-state index contributed by atoms with van der Waals surface area (Å²) >= 11 is 0. The summed E-state index contributed by atoms with van der Waals surface area (Å²) in [5.74, 6) is 0.603. The number of nitrogens with two attached hydrogens (primary N) is 1. The van der Waals surface area contributed by atoms with Crippen molar-refractivity contribution in [2.24, 2.45) is 11.7 Å². The number of benzene rings is 1. The smallest absolute Gasteiger partial charge is 0.231 e. The van der Waals surface area contributed by atoms with Gasteiger partial charge < -0.3 is 15.6 Å². The van der Waals surface area contributed by atoms with E-state index in [0.29, 0.717) is 19.6 Å². The molecule has 1 saturated heterocycles. The highest BCUT2D eigenvalue weighted by Crippen LogP contribution is 2.49. The second-order valence-corrected chi connectivity index (χ2v) is 7.26. The Morgan fingerprint density at radius 1 is 1.36 bits per heavy atom. The second-order valence-electron chi connectivity index (χ2n) is 7.26. The van der Waals surface area contributed by atoms with Gasteiger partial charge >= 0.3 is 0 Å². The van der Waals surface area contributed by atoms with Gasteiger partial charge in [-0.3, -0.25) is 9.69 Å². The predicted molar refractivity (Wildman–Crippen MR) is 97.2 cm³/mol. The summed E-state index contributed by atoms with van der Waals surface area (Å²) in [5.41, 5.74) is 5.95. The maximum atomic E-state index is 11.5. The average molecular weight is 344 g/mol. The zero-order chi connectivity index (χ0) is 17.9. The minimum absolute atomic E-state index is 0.0139. The quantitative estimate of drug-likeness (QED) is 0.777. The molecule has 1 aliphatic heterocycles. The fraction of sp³-hybridized carbons (Fsp3) is 0.550. The SMILES string of the molecule is C=CCOc1ccc(C2C3CCCCC3(O)CCN2CC(N)=O)cc1. The topological polar surface area (TPSA) is 75.8 Å². The Morgan fingerprint density at radius 3 is 2.80 bits per heavy atom. The van der Waals surface area contributed by atoms with Crippen molar-refractivity contribution < 1.29 is 14.6 Å². The Hall–Kier alpha value is -1.85. The highest BCUT2D eigenvalue weighted by Gasteiger charge is 2.49. The fourth-order valence-corrected chi connectivity index (χ4v) is 4.48. The van der Waals surface area contributed by atoms with E-state index in [1.807, 2.05) is 24.3 Å². The van der Waals surface area contributed by atoms with Gasteiger partial charge in [0, 0.05) is 18.5 Å². The van der Waals surface area contributed by atoms with E-state index in [-0.39, 0.29) is 24.4 Å². The van der Waals surface area contributed by atoms with E-state index in [9.17, 15) is 9.90 Å². The number of carbonyl (C=O) groups excluding carboxylic acids is 1. The Balaban J connectivity index is 1.88.